The molecule has 6 heteroatoms. The van der Waals surface area contributed by atoms with Gasteiger partial charge >= 0.3 is 0 Å². The predicted molar refractivity (Wildman–Crippen MR) is 105 cm³/mol. The highest BCUT2D eigenvalue weighted by atomic mass is 32.1. The van der Waals surface area contributed by atoms with E-state index in [0.717, 1.165) is 40.2 Å². The molecule has 1 N–H and O–H groups in total. The maximum Gasteiger partial charge on any atom is 0.261 e. The lowest BCUT2D eigenvalue weighted by Gasteiger charge is -2.19. The minimum Gasteiger partial charge on any atom is -0.375 e. The van der Waals surface area contributed by atoms with Crippen molar-refractivity contribution in [2.75, 3.05) is 25.0 Å². The summed E-state index contributed by atoms with van der Waals surface area (Å²) in [5.74, 6) is 0.0111. The lowest BCUT2D eigenvalue weighted by molar-refractivity contribution is 0.0957. The van der Waals surface area contributed by atoms with Gasteiger partial charge in [-0.3, -0.25) is 9.48 Å². The van der Waals surface area contributed by atoms with Gasteiger partial charge < -0.3 is 10.2 Å². The summed E-state index contributed by atoms with van der Waals surface area (Å²) in [6.07, 6.45) is 2.01. The van der Waals surface area contributed by atoms with Crippen molar-refractivity contribution in [3.63, 3.8) is 0 Å². The van der Waals surface area contributed by atoms with Crippen molar-refractivity contribution >= 4 is 33.1 Å². The number of nitrogens with zero attached hydrogens (tertiary/aromatic N) is 3. The molecule has 3 rings (SSSR count). The number of benzene rings is 1. The zero-order valence-corrected chi connectivity index (χ0v) is 15.8. The second kappa shape index (κ2) is 7.70. The molecule has 1 aromatic carbocycles. The van der Waals surface area contributed by atoms with Crippen LogP contribution in [0.3, 0.4) is 0 Å². The zero-order chi connectivity index (χ0) is 17.8. The van der Waals surface area contributed by atoms with Crippen LogP contribution in [0.15, 0.2) is 36.4 Å². The van der Waals surface area contributed by atoms with Gasteiger partial charge in [0.2, 0.25) is 0 Å². The molecule has 0 aliphatic heterocycles. The molecule has 3 aromatic rings. The number of rotatable bonds is 7. The Morgan fingerprint density at radius 1 is 1.28 bits per heavy atom. The van der Waals surface area contributed by atoms with Gasteiger partial charge in [-0.15, -0.1) is 11.3 Å². The number of unbranched alkanes of at least 4 members (excludes halogenated alkanes) is 1. The number of thiophene rings is 1. The summed E-state index contributed by atoms with van der Waals surface area (Å²) in [4.78, 5) is 16.4. The number of para-hydroxylation sites is 1. The Morgan fingerprint density at radius 3 is 2.76 bits per heavy atom. The monoisotopic (exact) mass is 356 g/mol. The standard InChI is InChI=1S/C19H24N4OS/c1-14-16-13-17(25-19(16)23(3)21-14)18(24)20-11-7-8-12-22(2)15-9-5-4-6-10-15/h4-6,9-10,13H,7-8,11-12H2,1-3H3,(H,20,24). The van der Waals surface area contributed by atoms with Crippen molar-refractivity contribution in [1.82, 2.24) is 15.1 Å². The van der Waals surface area contributed by atoms with Gasteiger partial charge in [-0.1, -0.05) is 18.2 Å². The normalized spacial score (nSPS) is 11.0. The Hall–Kier alpha value is -2.34. The van der Waals surface area contributed by atoms with E-state index in [1.165, 1.54) is 17.0 Å². The minimum atomic E-state index is 0.0111. The fourth-order valence-corrected chi connectivity index (χ4v) is 3.93. The van der Waals surface area contributed by atoms with E-state index in [2.05, 4.69) is 34.5 Å². The van der Waals surface area contributed by atoms with Crippen LogP contribution in [0.1, 0.15) is 28.2 Å². The molecule has 0 bridgehead atoms. The average Bonchev–Trinajstić information content (AvgIpc) is 3.17. The molecule has 0 saturated carbocycles. The first-order chi connectivity index (χ1) is 12.1. The molecule has 0 fully saturated rings. The molecule has 0 spiro atoms. The largest absolute Gasteiger partial charge is 0.375 e. The van der Waals surface area contributed by atoms with Gasteiger partial charge in [0.1, 0.15) is 4.83 Å². The maximum atomic E-state index is 12.3. The van der Waals surface area contributed by atoms with Gasteiger partial charge in [0, 0.05) is 38.3 Å². The van der Waals surface area contributed by atoms with Crippen molar-refractivity contribution in [2.24, 2.45) is 7.05 Å². The topological polar surface area (TPSA) is 50.2 Å². The SMILES string of the molecule is Cc1nn(C)c2sc(C(=O)NCCCCN(C)c3ccccc3)cc12. The number of hydrogen-bond donors (Lipinski definition) is 1. The van der Waals surface area contributed by atoms with E-state index in [1.807, 2.05) is 42.9 Å². The van der Waals surface area contributed by atoms with Crippen molar-refractivity contribution in [3.8, 4) is 0 Å². The average molecular weight is 356 g/mol. The lowest BCUT2D eigenvalue weighted by Crippen LogP contribution is -2.25. The molecule has 132 valence electrons. The summed E-state index contributed by atoms with van der Waals surface area (Å²) >= 11 is 1.50. The third kappa shape index (κ3) is 4.02. The first-order valence-corrected chi connectivity index (χ1v) is 9.35. The second-order valence-electron chi connectivity index (χ2n) is 6.26. The fraction of sp³-hybridized carbons (Fsp3) is 0.368. The van der Waals surface area contributed by atoms with Gasteiger partial charge in [-0.25, -0.2) is 0 Å². The first kappa shape index (κ1) is 17.5. The van der Waals surface area contributed by atoms with E-state index in [9.17, 15) is 4.79 Å². The highest BCUT2D eigenvalue weighted by molar-refractivity contribution is 7.20. The van der Waals surface area contributed by atoms with E-state index in [4.69, 9.17) is 0 Å². The second-order valence-corrected chi connectivity index (χ2v) is 7.29. The van der Waals surface area contributed by atoms with E-state index < -0.39 is 0 Å². The van der Waals surface area contributed by atoms with Crippen LogP contribution >= 0.6 is 11.3 Å². The Bertz CT molecular complexity index is 819. The Kier molecular flexibility index (Phi) is 5.38. The molecular weight excluding hydrogens is 332 g/mol. The summed E-state index contributed by atoms with van der Waals surface area (Å²) in [6.45, 7) is 3.65. The highest BCUT2D eigenvalue weighted by Crippen LogP contribution is 2.27. The molecule has 0 unspecified atom stereocenters. The smallest absolute Gasteiger partial charge is 0.261 e. The lowest BCUT2D eigenvalue weighted by atomic mass is 10.2. The Morgan fingerprint density at radius 2 is 2.04 bits per heavy atom. The number of carbonyl (C=O) groups excluding carboxylic acids is 1. The van der Waals surface area contributed by atoms with Crippen molar-refractivity contribution < 1.29 is 4.79 Å². The Balaban J connectivity index is 1.44. The molecule has 2 aromatic heterocycles. The number of carbonyl (C=O) groups is 1. The van der Waals surface area contributed by atoms with Gasteiger partial charge in [-0.2, -0.15) is 5.10 Å². The van der Waals surface area contributed by atoms with Gasteiger partial charge in [-0.05, 0) is 38.0 Å². The maximum absolute atomic E-state index is 12.3. The number of aryl methyl sites for hydroxylation is 2. The summed E-state index contributed by atoms with van der Waals surface area (Å²) in [7, 11) is 4.01. The molecule has 0 aliphatic rings. The molecule has 0 aliphatic carbocycles. The van der Waals surface area contributed by atoms with Crippen LogP contribution < -0.4 is 10.2 Å². The molecular formula is C19H24N4OS. The number of fused-ring (bicyclic) bond motifs is 1. The van der Waals surface area contributed by atoms with E-state index in [-0.39, 0.29) is 5.91 Å². The van der Waals surface area contributed by atoms with Crippen LogP contribution in [0.2, 0.25) is 0 Å². The van der Waals surface area contributed by atoms with Crippen molar-refractivity contribution in [3.05, 3.63) is 47.0 Å². The third-order valence-electron chi connectivity index (χ3n) is 4.32. The van der Waals surface area contributed by atoms with Gasteiger partial charge in [0.05, 0.1) is 10.6 Å². The number of amides is 1. The molecule has 0 radical (unpaired) electrons. The number of hydrogen-bond acceptors (Lipinski definition) is 4. The third-order valence-corrected chi connectivity index (χ3v) is 5.52. The van der Waals surface area contributed by atoms with E-state index >= 15 is 0 Å². The quantitative estimate of drug-likeness (QED) is 0.658. The van der Waals surface area contributed by atoms with Gasteiger partial charge in [0.25, 0.3) is 5.91 Å². The van der Waals surface area contributed by atoms with Crippen LogP contribution in [0, 0.1) is 6.92 Å². The van der Waals surface area contributed by atoms with Gasteiger partial charge in [0.15, 0.2) is 0 Å². The van der Waals surface area contributed by atoms with Crippen molar-refractivity contribution in [2.45, 2.75) is 19.8 Å². The number of anilines is 1. The van der Waals surface area contributed by atoms with Crippen LogP contribution in [-0.4, -0.2) is 35.8 Å². The summed E-state index contributed by atoms with van der Waals surface area (Å²) in [5.41, 5.74) is 2.19. The van der Waals surface area contributed by atoms with Crippen LogP contribution in [-0.2, 0) is 7.05 Å². The number of aromatic nitrogens is 2. The van der Waals surface area contributed by atoms with Crippen LogP contribution in [0.5, 0.6) is 0 Å². The molecule has 0 saturated heterocycles. The minimum absolute atomic E-state index is 0.0111. The molecule has 5 nitrogen and oxygen atoms in total. The molecule has 2 heterocycles. The highest BCUT2D eigenvalue weighted by Gasteiger charge is 2.14. The molecule has 1 amide bonds. The summed E-state index contributed by atoms with van der Waals surface area (Å²) < 4.78 is 1.84. The van der Waals surface area contributed by atoms with Crippen molar-refractivity contribution in [1.29, 1.82) is 0 Å². The predicted octanol–water partition coefficient (Wildman–Crippen LogP) is 3.59. The summed E-state index contributed by atoms with van der Waals surface area (Å²) in [6, 6.07) is 12.3. The molecule has 0 atom stereocenters. The summed E-state index contributed by atoms with van der Waals surface area (Å²) in [5, 5.41) is 8.47. The Labute approximate surface area is 152 Å². The van der Waals surface area contributed by atoms with E-state index in [1.54, 1.807) is 0 Å². The van der Waals surface area contributed by atoms with Crippen LogP contribution in [0.4, 0.5) is 5.69 Å². The first-order valence-electron chi connectivity index (χ1n) is 8.54. The zero-order valence-electron chi connectivity index (χ0n) is 15.0. The number of nitrogens with one attached hydrogen (secondary N) is 1. The fourth-order valence-electron chi connectivity index (χ4n) is 2.89. The molecule has 25 heavy (non-hydrogen) atoms. The van der Waals surface area contributed by atoms with E-state index in [0.29, 0.717) is 6.54 Å². The van der Waals surface area contributed by atoms with Crippen LogP contribution in [0.25, 0.3) is 10.2 Å².